The predicted octanol–water partition coefficient (Wildman–Crippen LogP) is 4.47. The Morgan fingerprint density at radius 3 is 2.39 bits per heavy atom. The normalized spacial score (nSPS) is 20.8. The highest BCUT2D eigenvalue weighted by molar-refractivity contribution is 7.89. The van der Waals surface area contributed by atoms with Gasteiger partial charge in [0.25, 0.3) is 5.91 Å². The molecule has 2 aliphatic heterocycles. The molecule has 2 unspecified atom stereocenters. The lowest BCUT2D eigenvalue weighted by Crippen LogP contribution is -2.48. The van der Waals surface area contributed by atoms with Gasteiger partial charge in [-0.2, -0.15) is 4.31 Å². The van der Waals surface area contributed by atoms with Gasteiger partial charge in [0.05, 0.1) is 23.1 Å². The average Bonchev–Trinajstić information content (AvgIpc) is 3.49. The number of imide groups is 1. The molecule has 0 bridgehead atoms. The summed E-state index contributed by atoms with van der Waals surface area (Å²) in [4.78, 5) is 27.9. The first kappa shape index (κ1) is 24.6. The number of amides is 2. The number of hydrogen-bond donors (Lipinski definition) is 0. The Morgan fingerprint density at radius 1 is 1.00 bits per heavy atom. The standard InChI is InChI=1S/C28H30N2O5S/c1-19(2)20-9-12-23(13-10-20)30-27(31)17-26(28(30)32)29(18-24-8-5-15-35-24)36(33,34)25-14-11-21-6-3-4-7-22(21)16-25/h3-4,6-7,9-14,16,19,24,26H,5,8,15,17-18H2,1-2H3. The topological polar surface area (TPSA) is 84.0 Å². The molecule has 2 aliphatic rings. The van der Waals surface area contributed by atoms with Crippen molar-refractivity contribution in [2.75, 3.05) is 18.1 Å². The van der Waals surface area contributed by atoms with Crippen LogP contribution in [-0.2, 0) is 24.3 Å². The molecule has 0 N–H and O–H groups in total. The van der Waals surface area contributed by atoms with Gasteiger partial charge >= 0.3 is 0 Å². The number of ether oxygens (including phenoxy) is 1. The fourth-order valence-electron chi connectivity index (χ4n) is 4.97. The molecule has 0 radical (unpaired) electrons. The highest BCUT2D eigenvalue weighted by Crippen LogP contribution is 2.32. The fraction of sp³-hybridized carbons (Fsp3) is 0.357. The molecule has 3 aromatic rings. The summed E-state index contributed by atoms with van der Waals surface area (Å²) in [6.45, 7) is 4.72. The zero-order chi connectivity index (χ0) is 25.4. The van der Waals surface area contributed by atoms with Crippen LogP contribution in [0.3, 0.4) is 0 Å². The van der Waals surface area contributed by atoms with E-state index in [0.717, 1.165) is 27.7 Å². The first-order valence-corrected chi connectivity index (χ1v) is 13.8. The van der Waals surface area contributed by atoms with Crippen molar-refractivity contribution >= 4 is 38.3 Å². The van der Waals surface area contributed by atoms with E-state index in [9.17, 15) is 18.0 Å². The SMILES string of the molecule is CC(C)c1ccc(N2C(=O)CC(N(CC3CCCO3)S(=O)(=O)c3ccc4ccccc4c3)C2=O)cc1. The van der Waals surface area contributed by atoms with Crippen molar-refractivity contribution in [3.05, 3.63) is 72.3 Å². The Labute approximate surface area is 211 Å². The van der Waals surface area contributed by atoms with Crippen LogP contribution in [0.15, 0.2) is 71.6 Å². The minimum Gasteiger partial charge on any atom is -0.377 e. The van der Waals surface area contributed by atoms with Gasteiger partial charge in [0.1, 0.15) is 6.04 Å². The quantitative estimate of drug-likeness (QED) is 0.442. The number of fused-ring (bicyclic) bond motifs is 1. The summed E-state index contributed by atoms with van der Waals surface area (Å²) < 4.78 is 34.8. The molecular weight excluding hydrogens is 476 g/mol. The Kier molecular flexibility index (Phi) is 6.68. The zero-order valence-corrected chi connectivity index (χ0v) is 21.3. The smallest absolute Gasteiger partial charge is 0.252 e. The molecule has 188 valence electrons. The predicted molar refractivity (Wildman–Crippen MR) is 138 cm³/mol. The van der Waals surface area contributed by atoms with Crippen LogP contribution < -0.4 is 4.90 Å². The van der Waals surface area contributed by atoms with Gasteiger partial charge < -0.3 is 4.74 Å². The molecule has 0 aliphatic carbocycles. The number of hydrogen-bond acceptors (Lipinski definition) is 5. The molecule has 3 aromatic carbocycles. The van der Waals surface area contributed by atoms with Gasteiger partial charge in [-0.1, -0.05) is 56.3 Å². The third kappa shape index (κ3) is 4.56. The first-order chi connectivity index (χ1) is 17.3. The number of rotatable bonds is 7. The van der Waals surface area contributed by atoms with Gasteiger partial charge in [-0.25, -0.2) is 13.3 Å². The van der Waals surface area contributed by atoms with Crippen LogP contribution in [-0.4, -0.2) is 49.8 Å². The maximum atomic E-state index is 14.0. The van der Waals surface area contributed by atoms with E-state index in [2.05, 4.69) is 13.8 Å². The molecule has 2 heterocycles. The van der Waals surface area contributed by atoms with Gasteiger partial charge in [0, 0.05) is 13.2 Å². The summed E-state index contributed by atoms with van der Waals surface area (Å²) in [6, 6.07) is 18.6. The van der Waals surface area contributed by atoms with Gasteiger partial charge in [0.15, 0.2) is 0 Å². The van der Waals surface area contributed by atoms with E-state index in [-0.39, 0.29) is 24.0 Å². The second-order valence-corrected chi connectivity index (χ2v) is 11.6. The van der Waals surface area contributed by atoms with Crippen LogP contribution in [0.4, 0.5) is 5.69 Å². The maximum Gasteiger partial charge on any atom is 0.252 e. The molecule has 2 atom stereocenters. The molecule has 2 fully saturated rings. The number of carbonyl (C=O) groups excluding carboxylic acids is 2. The Hall–Kier alpha value is -3.07. The Bertz CT molecular complexity index is 1390. The van der Waals surface area contributed by atoms with Crippen LogP contribution in [0.25, 0.3) is 10.8 Å². The first-order valence-electron chi connectivity index (χ1n) is 12.3. The molecule has 0 saturated carbocycles. The van der Waals surface area contributed by atoms with Crippen molar-refractivity contribution in [1.82, 2.24) is 4.31 Å². The Morgan fingerprint density at radius 2 is 1.72 bits per heavy atom. The number of anilines is 1. The van der Waals surface area contributed by atoms with E-state index in [0.29, 0.717) is 24.6 Å². The molecule has 36 heavy (non-hydrogen) atoms. The third-order valence-electron chi connectivity index (χ3n) is 7.02. The summed E-state index contributed by atoms with van der Waals surface area (Å²) in [5.41, 5.74) is 1.55. The number of nitrogens with zero attached hydrogens (tertiary/aromatic N) is 2. The van der Waals surface area contributed by atoms with Crippen molar-refractivity contribution < 1.29 is 22.7 Å². The Balaban J connectivity index is 1.50. The van der Waals surface area contributed by atoms with Crippen molar-refractivity contribution in [3.63, 3.8) is 0 Å². The van der Waals surface area contributed by atoms with E-state index in [1.165, 1.54) is 4.31 Å². The largest absolute Gasteiger partial charge is 0.377 e. The van der Waals surface area contributed by atoms with Crippen molar-refractivity contribution in [3.8, 4) is 0 Å². The molecule has 2 amide bonds. The highest BCUT2D eigenvalue weighted by Gasteiger charge is 2.47. The summed E-state index contributed by atoms with van der Waals surface area (Å²) >= 11 is 0. The molecule has 5 rings (SSSR count). The average molecular weight is 507 g/mol. The highest BCUT2D eigenvalue weighted by atomic mass is 32.2. The van der Waals surface area contributed by atoms with Crippen LogP contribution in [0.1, 0.15) is 44.6 Å². The van der Waals surface area contributed by atoms with Crippen molar-refractivity contribution in [2.45, 2.75) is 56.1 Å². The summed E-state index contributed by atoms with van der Waals surface area (Å²) in [6.07, 6.45) is 1.02. The van der Waals surface area contributed by atoms with Crippen LogP contribution in [0, 0.1) is 0 Å². The molecule has 2 saturated heterocycles. The van der Waals surface area contributed by atoms with Crippen LogP contribution in [0.5, 0.6) is 0 Å². The number of sulfonamides is 1. The van der Waals surface area contributed by atoms with E-state index in [1.807, 2.05) is 36.4 Å². The van der Waals surface area contributed by atoms with Crippen LogP contribution >= 0.6 is 0 Å². The van der Waals surface area contributed by atoms with E-state index in [4.69, 9.17) is 4.74 Å². The lowest BCUT2D eigenvalue weighted by atomic mass is 10.0. The lowest BCUT2D eigenvalue weighted by Gasteiger charge is -2.29. The summed E-state index contributed by atoms with van der Waals surface area (Å²) in [5, 5.41) is 1.71. The van der Waals surface area contributed by atoms with Gasteiger partial charge in [-0.3, -0.25) is 9.59 Å². The second kappa shape index (κ2) is 9.76. The lowest BCUT2D eigenvalue weighted by molar-refractivity contribution is -0.122. The van der Waals surface area contributed by atoms with Gasteiger partial charge in [-0.15, -0.1) is 0 Å². The minimum absolute atomic E-state index is 0.0268. The van der Waals surface area contributed by atoms with E-state index in [1.54, 1.807) is 30.3 Å². The minimum atomic E-state index is -4.09. The third-order valence-corrected chi connectivity index (χ3v) is 8.89. The fourth-order valence-corrected chi connectivity index (χ4v) is 6.61. The monoisotopic (exact) mass is 506 g/mol. The van der Waals surface area contributed by atoms with E-state index < -0.39 is 27.9 Å². The van der Waals surface area contributed by atoms with E-state index >= 15 is 0 Å². The zero-order valence-electron chi connectivity index (χ0n) is 20.5. The number of carbonyl (C=O) groups is 2. The molecule has 7 nitrogen and oxygen atoms in total. The second-order valence-electron chi connectivity index (χ2n) is 9.75. The molecule has 8 heteroatoms. The molecule has 0 spiro atoms. The maximum absolute atomic E-state index is 14.0. The molecule has 0 aromatic heterocycles. The van der Waals surface area contributed by atoms with Crippen molar-refractivity contribution in [2.24, 2.45) is 0 Å². The number of benzene rings is 3. The summed E-state index contributed by atoms with van der Waals surface area (Å²) in [5.74, 6) is -0.626. The molecular formula is C28H30N2O5S. The van der Waals surface area contributed by atoms with Crippen molar-refractivity contribution in [1.29, 1.82) is 0 Å². The van der Waals surface area contributed by atoms with Gasteiger partial charge in [-0.05, 0) is 59.4 Å². The summed E-state index contributed by atoms with van der Waals surface area (Å²) in [7, 11) is -4.09. The van der Waals surface area contributed by atoms with Gasteiger partial charge in [0.2, 0.25) is 15.9 Å². The van der Waals surface area contributed by atoms with Crippen LogP contribution in [0.2, 0.25) is 0 Å².